The summed E-state index contributed by atoms with van der Waals surface area (Å²) in [6.45, 7) is 7.00. The Balaban J connectivity index is 3.05. The van der Waals surface area contributed by atoms with Gasteiger partial charge in [0.15, 0.2) is 0 Å². The molecule has 0 amide bonds. The molecule has 0 fully saturated rings. The van der Waals surface area contributed by atoms with E-state index < -0.39 is 9.84 Å². The molecule has 4 heteroatoms. The average Bonchev–Trinajstić information content (AvgIpc) is 2.27. The fourth-order valence-electron chi connectivity index (χ4n) is 2.03. The fourth-order valence-corrected chi connectivity index (χ4v) is 2.93. The number of sulfone groups is 1. The molecule has 0 aliphatic rings. The van der Waals surface area contributed by atoms with Crippen LogP contribution in [0.15, 0.2) is 18.2 Å². The van der Waals surface area contributed by atoms with Crippen LogP contribution in [0.25, 0.3) is 0 Å². The molecule has 0 aliphatic carbocycles. The predicted octanol–water partition coefficient (Wildman–Crippen LogP) is 2.39. The SMILES string of the molecule is CCCNC(CS(C)(=O)=O)c1cccc(C)c1C. The predicted molar refractivity (Wildman–Crippen MR) is 76.7 cm³/mol. The Kier molecular flexibility index (Phi) is 5.35. The van der Waals surface area contributed by atoms with Crippen LogP contribution in [0, 0.1) is 13.8 Å². The Morgan fingerprint density at radius 1 is 1.28 bits per heavy atom. The Morgan fingerprint density at radius 3 is 2.50 bits per heavy atom. The van der Waals surface area contributed by atoms with Crippen molar-refractivity contribution in [3.63, 3.8) is 0 Å². The van der Waals surface area contributed by atoms with E-state index in [4.69, 9.17) is 0 Å². The molecule has 1 unspecified atom stereocenters. The molecule has 0 aliphatic heterocycles. The lowest BCUT2D eigenvalue weighted by Crippen LogP contribution is -2.29. The first kappa shape index (κ1) is 15.2. The van der Waals surface area contributed by atoms with Gasteiger partial charge in [-0.3, -0.25) is 0 Å². The smallest absolute Gasteiger partial charge is 0.149 e. The second-order valence-corrected chi connectivity index (χ2v) is 7.07. The second-order valence-electron chi connectivity index (χ2n) is 4.89. The van der Waals surface area contributed by atoms with Crippen molar-refractivity contribution in [2.24, 2.45) is 0 Å². The molecule has 0 aromatic heterocycles. The van der Waals surface area contributed by atoms with Crippen molar-refractivity contribution in [2.75, 3.05) is 18.6 Å². The van der Waals surface area contributed by atoms with E-state index in [1.807, 2.05) is 19.1 Å². The first-order valence-electron chi connectivity index (χ1n) is 6.32. The van der Waals surface area contributed by atoms with Crippen molar-refractivity contribution in [2.45, 2.75) is 33.2 Å². The maximum Gasteiger partial charge on any atom is 0.149 e. The maximum atomic E-state index is 11.5. The van der Waals surface area contributed by atoms with E-state index in [1.165, 1.54) is 17.4 Å². The summed E-state index contributed by atoms with van der Waals surface area (Å²) in [6, 6.07) is 5.94. The van der Waals surface area contributed by atoms with Crippen molar-refractivity contribution in [1.29, 1.82) is 0 Å². The van der Waals surface area contributed by atoms with Crippen molar-refractivity contribution in [3.8, 4) is 0 Å². The monoisotopic (exact) mass is 269 g/mol. The minimum atomic E-state index is -2.99. The summed E-state index contributed by atoms with van der Waals surface area (Å²) in [5, 5.41) is 3.33. The Bertz CT molecular complexity index is 495. The summed E-state index contributed by atoms with van der Waals surface area (Å²) in [7, 11) is -2.99. The highest BCUT2D eigenvalue weighted by Crippen LogP contribution is 2.21. The van der Waals surface area contributed by atoms with Gasteiger partial charge in [-0.15, -0.1) is 0 Å². The highest BCUT2D eigenvalue weighted by Gasteiger charge is 2.18. The third kappa shape index (κ3) is 4.42. The van der Waals surface area contributed by atoms with E-state index in [0.29, 0.717) is 0 Å². The highest BCUT2D eigenvalue weighted by molar-refractivity contribution is 7.90. The van der Waals surface area contributed by atoms with Gasteiger partial charge in [0.1, 0.15) is 9.84 Å². The summed E-state index contributed by atoms with van der Waals surface area (Å²) in [4.78, 5) is 0. The zero-order chi connectivity index (χ0) is 13.8. The molecule has 1 N–H and O–H groups in total. The highest BCUT2D eigenvalue weighted by atomic mass is 32.2. The summed E-state index contributed by atoms with van der Waals surface area (Å²) in [6.07, 6.45) is 2.28. The van der Waals surface area contributed by atoms with Gasteiger partial charge < -0.3 is 5.32 Å². The molecule has 18 heavy (non-hydrogen) atoms. The number of aryl methyl sites for hydroxylation is 1. The number of hydrogen-bond donors (Lipinski definition) is 1. The number of rotatable bonds is 6. The van der Waals surface area contributed by atoms with Gasteiger partial charge in [-0.1, -0.05) is 25.1 Å². The van der Waals surface area contributed by atoms with Crippen LogP contribution in [0.5, 0.6) is 0 Å². The molecule has 1 aromatic rings. The molecule has 1 aromatic carbocycles. The van der Waals surface area contributed by atoms with Crippen LogP contribution < -0.4 is 5.32 Å². The van der Waals surface area contributed by atoms with Gasteiger partial charge in [-0.25, -0.2) is 8.42 Å². The molecular formula is C14H23NO2S. The molecule has 1 rings (SSSR count). The van der Waals surface area contributed by atoms with Crippen LogP contribution in [0.1, 0.15) is 36.1 Å². The van der Waals surface area contributed by atoms with Gasteiger partial charge >= 0.3 is 0 Å². The van der Waals surface area contributed by atoms with Gasteiger partial charge in [0, 0.05) is 12.3 Å². The molecule has 1 atom stereocenters. The molecule has 0 heterocycles. The average molecular weight is 269 g/mol. The summed E-state index contributed by atoms with van der Waals surface area (Å²) < 4.78 is 23.1. The van der Waals surface area contributed by atoms with Crippen LogP contribution in [-0.2, 0) is 9.84 Å². The summed E-state index contributed by atoms with van der Waals surface area (Å²) in [5.74, 6) is 0.150. The quantitative estimate of drug-likeness (QED) is 0.862. The third-order valence-corrected chi connectivity index (χ3v) is 4.07. The van der Waals surface area contributed by atoms with Crippen LogP contribution >= 0.6 is 0 Å². The van der Waals surface area contributed by atoms with Crippen LogP contribution in [0.2, 0.25) is 0 Å². The van der Waals surface area contributed by atoms with Gasteiger partial charge in [-0.2, -0.15) is 0 Å². The van der Waals surface area contributed by atoms with Crippen LogP contribution in [-0.4, -0.2) is 27.0 Å². The topological polar surface area (TPSA) is 46.2 Å². The number of nitrogens with one attached hydrogen (secondary N) is 1. The molecule has 0 saturated carbocycles. The standard InChI is InChI=1S/C14H23NO2S/c1-5-9-15-14(10-18(4,16)17)13-8-6-7-11(2)12(13)3/h6-8,14-15H,5,9-10H2,1-4H3. The van der Waals surface area contributed by atoms with Crippen molar-refractivity contribution < 1.29 is 8.42 Å². The van der Waals surface area contributed by atoms with Gasteiger partial charge in [0.25, 0.3) is 0 Å². The first-order chi connectivity index (χ1) is 8.35. The maximum absolute atomic E-state index is 11.5. The zero-order valence-corrected chi connectivity index (χ0v) is 12.5. The van der Waals surface area contributed by atoms with E-state index >= 15 is 0 Å². The normalized spacial score (nSPS) is 13.6. The third-order valence-electron chi connectivity index (χ3n) is 3.13. The minimum absolute atomic E-state index is 0.111. The molecule has 102 valence electrons. The summed E-state index contributed by atoms with van der Waals surface area (Å²) >= 11 is 0. The minimum Gasteiger partial charge on any atom is -0.309 e. The molecule has 0 radical (unpaired) electrons. The molecule has 0 bridgehead atoms. The molecule has 0 saturated heterocycles. The van der Waals surface area contributed by atoms with Gasteiger partial charge in [0.2, 0.25) is 0 Å². The zero-order valence-electron chi connectivity index (χ0n) is 11.7. The van der Waals surface area contributed by atoms with Crippen LogP contribution in [0.3, 0.4) is 0 Å². The van der Waals surface area contributed by atoms with E-state index in [1.54, 1.807) is 0 Å². The fraction of sp³-hybridized carbons (Fsp3) is 0.571. The molecule has 3 nitrogen and oxygen atoms in total. The van der Waals surface area contributed by atoms with E-state index in [2.05, 4.69) is 25.2 Å². The lowest BCUT2D eigenvalue weighted by molar-refractivity contribution is 0.547. The van der Waals surface area contributed by atoms with Gasteiger partial charge in [0.05, 0.1) is 5.75 Å². The Hall–Kier alpha value is -0.870. The first-order valence-corrected chi connectivity index (χ1v) is 8.38. The van der Waals surface area contributed by atoms with Crippen molar-refractivity contribution in [3.05, 3.63) is 34.9 Å². The molecule has 0 spiro atoms. The van der Waals surface area contributed by atoms with Crippen LogP contribution in [0.4, 0.5) is 0 Å². The molecular weight excluding hydrogens is 246 g/mol. The second kappa shape index (κ2) is 6.34. The number of benzene rings is 1. The van der Waals surface area contributed by atoms with E-state index in [0.717, 1.165) is 18.5 Å². The Morgan fingerprint density at radius 2 is 1.94 bits per heavy atom. The van der Waals surface area contributed by atoms with Gasteiger partial charge in [-0.05, 0) is 43.5 Å². The van der Waals surface area contributed by atoms with Crippen molar-refractivity contribution >= 4 is 9.84 Å². The summed E-state index contributed by atoms with van der Waals surface area (Å²) in [5.41, 5.74) is 3.47. The van der Waals surface area contributed by atoms with Crippen molar-refractivity contribution in [1.82, 2.24) is 5.32 Å². The number of hydrogen-bond acceptors (Lipinski definition) is 3. The Labute approximate surface area is 111 Å². The lowest BCUT2D eigenvalue weighted by Gasteiger charge is -2.21. The largest absolute Gasteiger partial charge is 0.309 e. The lowest BCUT2D eigenvalue weighted by atomic mass is 9.98. The van der Waals surface area contributed by atoms with E-state index in [9.17, 15) is 8.42 Å². The van der Waals surface area contributed by atoms with E-state index in [-0.39, 0.29) is 11.8 Å².